The van der Waals surface area contributed by atoms with Crippen LogP contribution in [0.3, 0.4) is 0 Å². The number of fused-ring (bicyclic) bond motifs is 1. The first-order valence-electron chi connectivity index (χ1n) is 5.30. The second-order valence-corrected chi connectivity index (χ2v) is 4.25. The standard InChI is InChI=1S/C12H15N3O2/c1-7-13-10-9(16)6-5-8(11(10)15(7)4)12(17)14(2)3/h5-6,16H,1-4H3. The molecule has 2 aromatic rings. The maximum Gasteiger partial charge on any atom is 0.255 e. The number of amides is 1. The minimum absolute atomic E-state index is 0.0963. The summed E-state index contributed by atoms with van der Waals surface area (Å²) in [5, 5.41) is 9.75. The Morgan fingerprint density at radius 2 is 2.06 bits per heavy atom. The largest absolute Gasteiger partial charge is 0.506 e. The smallest absolute Gasteiger partial charge is 0.255 e. The van der Waals surface area contributed by atoms with E-state index in [0.29, 0.717) is 16.6 Å². The maximum absolute atomic E-state index is 12.0. The van der Waals surface area contributed by atoms with E-state index in [1.807, 2.05) is 18.5 Å². The summed E-state index contributed by atoms with van der Waals surface area (Å²) in [5.41, 5.74) is 1.69. The molecule has 90 valence electrons. The Hall–Kier alpha value is -2.04. The van der Waals surface area contributed by atoms with Crippen LogP contribution in [0, 0.1) is 6.92 Å². The van der Waals surface area contributed by atoms with E-state index in [4.69, 9.17) is 0 Å². The third-order valence-corrected chi connectivity index (χ3v) is 2.86. The Labute approximate surface area is 99.3 Å². The summed E-state index contributed by atoms with van der Waals surface area (Å²) in [6.07, 6.45) is 0. The van der Waals surface area contributed by atoms with E-state index >= 15 is 0 Å². The first-order valence-corrected chi connectivity index (χ1v) is 5.30. The van der Waals surface area contributed by atoms with Gasteiger partial charge >= 0.3 is 0 Å². The van der Waals surface area contributed by atoms with Gasteiger partial charge in [0.05, 0.1) is 11.1 Å². The summed E-state index contributed by atoms with van der Waals surface area (Å²) < 4.78 is 1.81. The molecule has 0 radical (unpaired) electrons. The number of imidazole rings is 1. The Balaban J connectivity index is 2.82. The number of rotatable bonds is 1. The van der Waals surface area contributed by atoms with Gasteiger partial charge in [-0.3, -0.25) is 4.79 Å². The lowest BCUT2D eigenvalue weighted by Crippen LogP contribution is -2.22. The van der Waals surface area contributed by atoms with Crippen LogP contribution in [0.4, 0.5) is 0 Å². The average molecular weight is 233 g/mol. The van der Waals surface area contributed by atoms with Crippen LogP contribution in [-0.4, -0.2) is 39.6 Å². The molecule has 0 fully saturated rings. The third-order valence-electron chi connectivity index (χ3n) is 2.86. The molecule has 5 heteroatoms. The SMILES string of the molecule is Cc1nc2c(O)ccc(C(=O)N(C)C)c2n1C. The number of benzene rings is 1. The average Bonchev–Trinajstić information content (AvgIpc) is 2.57. The van der Waals surface area contributed by atoms with Gasteiger partial charge in [-0.1, -0.05) is 0 Å². The molecule has 0 bridgehead atoms. The van der Waals surface area contributed by atoms with Crippen molar-refractivity contribution in [2.24, 2.45) is 7.05 Å². The molecule has 0 saturated carbocycles. The summed E-state index contributed by atoms with van der Waals surface area (Å²) >= 11 is 0. The van der Waals surface area contributed by atoms with Crippen molar-refractivity contribution in [2.75, 3.05) is 14.1 Å². The van der Waals surface area contributed by atoms with Gasteiger partial charge in [-0.2, -0.15) is 0 Å². The Bertz CT molecular complexity index is 599. The Kier molecular flexibility index (Phi) is 2.53. The molecule has 1 aromatic heterocycles. The number of nitrogens with zero attached hydrogens (tertiary/aromatic N) is 3. The highest BCUT2D eigenvalue weighted by Gasteiger charge is 2.18. The summed E-state index contributed by atoms with van der Waals surface area (Å²) in [7, 11) is 5.23. The van der Waals surface area contributed by atoms with E-state index in [9.17, 15) is 9.90 Å². The third kappa shape index (κ3) is 1.63. The van der Waals surface area contributed by atoms with Crippen molar-refractivity contribution < 1.29 is 9.90 Å². The van der Waals surface area contributed by atoms with Crippen LogP contribution >= 0.6 is 0 Å². The number of phenolic OH excluding ortho intramolecular Hbond substituents is 1. The van der Waals surface area contributed by atoms with E-state index in [2.05, 4.69) is 4.98 Å². The number of aromatic hydroxyl groups is 1. The summed E-state index contributed by atoms with van der Waals surface area (Å²) in [6.45, 7) is 1.84. The van der Waals surface area contributed by atoms with Crippen LogP contribution < -0.4 is 0 Å². The Morgan fingerprint density at radius 1 is 1.41 bits per heavy atom. The van der Waals surface area contributed by atoms with Gasteiger partial charge in [0, 0.05) is 21.1 Å². The van der Waals surface area contributed by atoms with E-state index in [1.54, 1.807) is 20.2 Å². The van der Waals surface area contributed by atoms with Gasteiger partial charge in [0.2, 0.25) is 0 Å². The fourth-order valence-corrected chi connectivity index (χ4v) is 1.83. The molecular formula is C12H15N3O2. The highest BCUT2D eigenvalue weighted by Crippen LogP contribution is 2.27. The maximum atomic E-state index is 12.0. The lowest BCUT2D eigenvalue weighted by atomic mass is 10.1. The van der Waals surface area contributed by atoms with Crippen molar-refractivity contribution in [1.29, 1.82) is 0 Å². The van der Waals surface area contributed by atoms with Crippen LogP contribution in [0.1, 0.15) is 16.2 Å². The van der Waals surface area contributed by atoms with Gasteiger partial charge in [0.25, 0.3) is 5.91 Å². The predicted octanol–water partition coefficient (Wildman–Crippen LogP) is 1.29. The second kappa shape index (κ2) is 3.76. The zero-order valence-corrected chi connectivity index (χ0v) is 10.4. The van der Waals surface area contributed by atoms with Gasteiger partial charge < -0.3 is 14.6 Å². The molecule has 0 aliphatic heterocycles. The van der Waals surface area contributed by atoms with E-state index in [1.165, 1.54) is 11.0 Å². The summed E-state index contributed by atoms with van der Waals surface area (Å²) in [4.78, 5) is 17.8. The number of phenols is 1. The van der Waals surface area contributed by atoms with Crippen LogP contribution in [-0.2, 0) is 7.05 Å². The van der Waals surface area contributed by atoms with Gasteiger partial charge in [-0.15, -0.1) is 0 Å². The molecule has 1 amide bonds. The molecular weight excluding hydrogens is 218 g/mol. The Morgan fingerprint density at radius 3 is 2.65 bits per heavy atom. The zero-order valence-electron chi connectivity index (χ0n) is 10.4. The van der Waals surface area contributed by atoms with Gasteiger partial charge in [0.1, 0.15) is 17.1 Å². The van der Waals surface area contributed by atoms with Crippen LogP contribution in [0.15, 0.2) is 12.1 Å². The number of carbonyl (C=O) groups is 1. The van der Waals surface area contributed by atoms with Gasteiger partial charge in [0.15, 0.2) is 0 Å². The van der Waals surface area contributed by atoms with Crippen molar-refractivity contribution in [3.8, 4) is 5.75 Å². The van der Waals surface area contributed by atoms with Crippen LogP contribution in [0.2, 0.25) is 0 Å². The molecule has 0 aliphatic rings. The number of hydrogen-bond donors (Lipinski definition) is 1. The minimum atomic E-state index is -0.0991. The predicted molar refractivity (Wildman–Crippen MR) is 65.1 cm³/mol. The number of carbonyl (C=O) groups excluding carboxylic acids is 1. The van der Waals surface area contributed by atoms with Crippen molar-refractivity contribution >= 4 is 16.9 Å². The zero-order chi connectivity index (χ0) is 12.7. The molecule has 0 spiro atoms. The molecule has 0 atom stereocenters. The lowest BCUT2D eigenvalue weighted by molar-refractivity contribution is 0.0829. The molecule has 1 heterocycles. The monoisotopic (exact) mass is 233 g/mol. The van der Waals surface area contributed by atoms with Crippen molar-refractivity contribution in [1.82, 2.24) is 14.5 Å². The normalized spacial score (nSPS) is 10.8. The molecule has 2 rings (SSSR count). The van der Waals surface area contributed by atoms with Crippen LogP contribution in [0.5, 0.6) is 5.75 Å². The molecule has 17 heavy (non-hydrogen) atoms. The first kappa shape index (κ1) is 11.4. The molecule has 0 unspecified atom stereocenters. The van der Waals surface area contributed by atoms with Crippen molar-refractivity contribution in [3.63, 3.8) is 0 Å². The molecule has 0 saturated heterocycles. The second-order valence-electron chi connectivity index (χ2n) is 4.25. The lowest BCUT2D eigenvalue weighted by Gasteiger charge is -2.12. The molecule has 0 aliphatic carbocycles. The molecule has 1 aromatic carbocycles. The quantitative estimate of drug-likeness (QED) is 0.807. The van der Waals surface area contributed by atoms with Crippen LogP contribution in [0.25, 0.3) is 11.0 Å². The van der Waals surface area contributed by atoms with Crippen molar-refractivity contribution in [2.45, 2.75) is 6.92 Å². The molecule has 5 nitrogen and oxygen atoms in total. The fourth-order valence-electron chi connectivity index (χ4n) is 1.83. The molecule has 1 N–H and O–H groups in total. The summed E-state index contributed by atoms with van der Waals surface area (Å²) in [6, 6.07) is 3.13. The van der Waals surface area contributed by atoms with Crippen molar-refractivity contribution in [3.05, 3.63) is 23.5 Å². The van der Waals surface area contributed by atoms with E-state index in [-0.39, 0.29) is 11.7 Å². The first-order chi connectivity index (χ1) is 7.93. The van der Waals surface area contributed by atoms with E-state index in [0.717, 1.165) is 5.82 Å². The number of aryl methyl sites for hydroxylation is 2. The topological polar surface area (TPSA) is 58.4 Å². The highest BCUT2D eigenvalue weighted by atomic mass is 16.3. The fraction of sp³-hybridized carbons (Fsp3) is 0.333. The van der Waals surface area contributed by atoms with E-state index < -0.39 is 0 Å². The number of hydrogen-bond acceptors (Lipinski definition) is 3. The van der Waals surface area contributed by atoms with Gasteiger partial charge in [-0.05, 0) is 19.1 Å². The van der Waals surface area contributed by atoms with Gasteiger partial charge in [-0.25, -0.2) is 4.98 Å². The number of aromatic nitrogens is 2. The highest BCUT2D eigenvalue weighted by molar-refractivity contribution is 6.06. The minimum Gasteiger partial charge on any atom is -0.506 e. The summed E-state index contributed by atoms with van der Waals surface area (Å²) in [5.74, 6) is 0.756.